The van der Waals surface area contributed by atoms with Gasteiger partial charge in [-0.05, 0) is 55.9 Å². The third kappa shape index (κ3) is 3.85. The summed E-state index contributed by atoms with van der Waals surface area (Å²) >= 11 is 1.23. The summed E-state index contributed by atoms with van der Waals surface area (Å²) in [5.74, 6) is -0.693. The molecule has 1 aliphatic rings. The van der Waals surface area contributed by atoms with Crippen molar-refractivity contribution in [2.75, 3.05) is 38.5 Å². The number of sulfonamides is 1. The zero-order valence-electron chi connectivity index (χ0n) is 16.7. The van der Waals surface area contributed by atoms with Gasteiger partial charge >= 0.3 is 0 Å². The maximum absolute atomic E-state index is 14.1. The highest BCUT2D eigenvalue weighted by Crippen LogP contribution is 2.33. The average Bonchev–Trinajstić information content (AvgIpc) is 3.07. The van der Waals surface area contributed by atoms with E-state index >= 15 is 0 Å². The van der Waals surface area contributed by atoms with E-state index in [4.69, 9.17) is 0 Å². The molecule has 0 radical (unpaired) electrons. The van der Waals surface area contributed by atoms with Gasteiger partial charge in [-0.3, -0.25) is 4.79 Å². The minimum absolute atomic E-state index is 0.199. The van der Waals surface area contributed by atoms with Gasteiger partial charge in [0.1, 0.15) is 5.82 Å². The highest BCUT2D eigenvalue weighted by Gasteiger charge is 2.27. The van der Waals surface area contributed by atoms with Crippen molar-refractivity contribution in [3.8, 4) is 0 Å². The van der Waals surface area contributed by atoms with Crippen LogP contribution in [0.5, 0.6) is 0 Å². The third-order valence-electron chi connectivity index (χ3n) is 5.32. The van der Waals surface area contributed by atoms with E-state index in [1.807, 2.05) is 7.05 Å². The lowest BCUT2D eigenvalue weighted by atomic mass is 10.1. The van der Waals surface area contributed by atoms with Crippen molar-refractivity contribution < 1.29 is 17.6 Å². The molecule has 1 N–H and O–H groups in total. The van der Waals surface area contributed by atoms with Crippen molar-refractivity contribution in [2.45, 2.75) is 11.8 Å². The highest BCUT2D eigenvalue weighted by molar-refractivity contribution is 7.89. The zero-order chi connectivity index (χ0) is 21.5. The Morgan fingerprint density at radius 1 is 1.07 bits per heavy atom. The molecule has 2 heterocycles. The number of amides is 1. The number of nitrogens with one attached hydrogen (secondary N) is 1. The molecule has 0 bridgehead atoms. The van der Waals surface area contributed by atoms with E-state index in [2.05, 4.69) is 10.2 Å². The summed E-state index contributed by atoms with van der Waals surface area (Å²) < 4.78 is 41.9. The van der Waals surface area contributed by atoms with Crippen molar-refractivity contribution in [1.82, 2.24) is 9.21 Å². The number of hydrogen-bond donors (Lipinski definition) is 1. The lowest BCUT2D eigenvalue weighted by Crippen LogP contribution is -2.46. The van der Waals surface area contributed by atoms with Crippen LogP contribution in [0, 0.1) is 12.7 Å². The summed E-state index contributed by atoms with van der Waals surface area (Å²) in [4.78, 5) is 15.4. The number of rotatable bonds is 4. The maximum atomic E-state index is 14.1. The minimum atomic E-state index is -3.56. The number of halogens is 1. The van der Waals surface area contributed by atoms with Gasteiger partial charge in [-0.2, -0.15) is 4.31 Å². The minimum Gasteiger partial charge on any atom is -0.321 e. The predicted molar refractivity (Wildman–Crippen MR) is 117 cm³/mol. The second-order valence-electron chi connectivity index (χ2n) is 7.36. The Kier molecular flexibility index (Phi) is 5.63. The monoisotopic (exact) mass is 447 g/mol. The Morgan fingerprint density at radius 2 is 1.73 bits per heavy atom. The second-order valence-corrected chi connectivity index (χ2v) is 10.3. The number of hydrogen-bond acceptors (Lipinski definition) is 5. The van der Waals surface area contributed by atoms with Gasteiger partial charge in [0.25, 0.3) is 5.91 Å². The number of likely N-dealkylation sites (N-methyl/N-ethyl adjacent to an activating group) is 1. The van der Waals surface area contributed by atoms with Crippen LogP contribution >= 0.6 is 11.3 Å². The van der Waals surface area contributed by atoms with Crippen LogP contribution in [0.4, 0.5) is 10.1 Å². The molecule has 1 amide bonds. The Labute approximate surface area is 179 Å². The molecule has 30 heavy (non-hydrogen) atoms. The van der Waals surface area contributed by atoms with Crippen LogP contribution in [0.15, 0.2) is 47.4 Å². The molecule has 3 aromatic rings. The van der Waals surface area contributed by atoms with Crippen LogP contribution < -0.4 is 5.32 Å². The fourth-order valence-electron chi connectivity index (χ4n) is 3.55. The molecule has 1 fully saturated rings. The number of fused-ring (bicyclic) bond motifs is 1. The van der Waals surface area contributed by atoms with Gasteiger partial charge < -0.3 is 10.2 Å². The largest absolute Gasteiger partial charge is 0.321 e. The van der Waals surface area contributed by atoms with Crippen LogP contribution in [0.1, 0.15) is 15.2 Å². The summed E-state index contributed by atoms with van der Waals surface area (Å²) in [7, 11) is -1.59. The van der Waals surface area contributed by atoms with Gasteiger partial charge in [-0.25, -0.2) is 12.8 Å². The van der Waals surface area contributed by atoms with Crippen molar-refractivity contribution in [3.63, 3.8) is 0 Å². The lowest BCUT2D eigenvalue weighted by molar-refractivity contribution is 0.103. The number of anilines is 1. The van der Waals surface area contributed by atoms with E-state index in [9.17, 15) is 17.6 Å². The second kappa shape index (κ2) is 8.07. The molecule has 0 saturated carbocycles. The van der Waals surface area contributed by atoms with E-state index in [0.29, 0.717) is 52.4 Å². The third-order valence-corrected chi connectivity index (χ3v) is 8.49. The number of carbonyl (C=O) groups is 1. The number of thiophene rings is 1. The van der Waals surface area contributed by atoms with E-state index in [1.165, 1.54) is 33.8 Å². The lowest BCUT2D eigenvalue weighted by Gasteiger charge is -2.31. The Morgan fingerprint density at radius 3 is 2.37 bits per heavy atom. The molecule has 0 unspecified atom stereocenters. The highest BCUT2D eigenvalue weighted by atomic mass is 32.2. The summed E-state index contributed by atoms with van der Waals surface area (Å²) in [5.41, 5.74) is 1.08. The van der Waals surface area contributed by atoms with Crippen LogP contribution in [0.3, 0.4) is 0 Å². The summed E-state index contributed by atoms with van der Waals surface area (Å²) in [6, 6.07) is 10.9. The van der Waals surface area contributed by atoms with Gasteiger partial charge in [0.15, 0.2) is 0 Å². The molecule has 1 aromatic heterocycles. The standard InChI is InChI=1S/C21H22FN3O3S2/c1-14-19-17(22)4-3-5-18(19)29-20(14)21(26)23-15-6-8-16(9-7-15)30(27,28)25-12-10-24(2)11-13-25/h3-9H,10-13H2,1-2H3,(H,23,26). The molecule has 2 aromatic carbocycles. The van der Waals surface area contributed by atoms with Crippen molar-refractivity contribution in [1.29, 1.82) is 0 Å². The molecule has 6 nitrogen and oxygen atoms in total. The first-order chi connectivity index (χ1) is 14.3. The van der Waals surface area contributed by atoms with Crippen molar-refractivity contribution in [2.24, 2.45) is 0 Å². The zero-order valence-corrected chi connectivity index (χ0v) is 18.3. The molecule has 1 saturated heterocycles. The predicted octanol–water partition coefficient (Wildman–Crippen LogP) is 3.54. The van der Waals surface area contributed by atoms with Crippen LogP contribution in [0.2, 0.25) is 0 Å². The molecule has 4 rings (SSSR count). The first-order valence-corrected chi connectivity index (χ1v) is 11.8. The molecule has 1 aliphatic heterocycles. The molecule has 0 aliphatic carbocycles. The SMILES string of the molecule is Cc1c(C(=O)Nc2ccc(S(=O)(=O)N3CCN(C)CC3)cc2)sc2cccc(F)c12. The van der Waals surface area contributed by atoms with Gasteiger partial charge in [0.2, 0.25) is 10.0 Å². The van der Waals surface area contributed by atoms with Gasteiger partial charge in [-0.1, -0.05) is 6.07 Å². The van der Waals surface area contributed by atoms with Crippen LogP contribution in [-0.4, -0.2) is 56.8 Å². The van der Waals surface area contributed by atoms with Gasteiger partial charge in [-0.15, -0.1) is 11.3 Å². The fraction of sp³-hybridized carbons (Fsp3) is 0.286. The summed E-state index contributed by atoms with van der Waals surface area (Å²) in [6.45, 7) is 4.03. The fourth-order valence-corrected chi connectivity index (χ4v) is 6.09. The van der Waals surface area contributed by atoms with E-state index in [1.54, 1.807) is 31.2 Å². The molecular formula is C21H22FN3O3S2. The van der Waals surface area contributed by atoms with Gasteiger partial charge in [0, 0.05) is 42.0 Å². The first-order valence-electron chi connectivity index (χ1n) is 9.55. The van der Waals surface area contributed by atoms with Crippen molar-refractivity contribution >= 4 is 43.0 Å². The number of aryl methyl sites for hydroxylation is 1. The molecule has 158 valence electrons. The average molecular weight is 448 g/mol. The first kappa shape index (κ1) is 20.9. The maximum Gasteiger partial charge on any atom is 0.266 e. The number of nitrogens with zero attached hydrogens (tertiary/aromatic N) is 2. The van der Waals surface area contributed by atoms with Crippen LogP contribution in [-0.2, 0) is 10.0 Å². The smallest absolute Gasteiger partial charge is 0.266 e. The summed E-state index contributed by atoms with van der Waals surface area (Å²) in [6.07, 6.45) is 0. The topological polar surface area (TPSA) is 69.7 Å². The normalized spacial score (nSPS) is 16.1. The number of benzene rings is 2. The van der Waals surface area contributed by atoms with Crippen LogP contribution in [0.25, 0.3) is 10.1 Å². The Balaban J connectivity index is 1.52. The molecule has 0 spiro atoms. The Bertz CT molecular complexity index is 1200. The van der Waals surface area contributed by atoms with Crippen molar-refractivity contribution in [3.05, 3.63) is 58.7 Å². The molecule has 9 heteroatoms. The van der Waals surface area contributed by atoms with E-state index < -0.39 is 10.0 Å². The molecule has 0 atom stereocenters. The molecular weight excluding hydrogens is 425 g/mol. The van der Waals surface area contributed by atoms with E-state index in [-0.39, 0.29) is 16.6 Å². The van der Waals surface area contributed by atoms with Gasteiger partial charge in [0.05, 0.1) is 9.77 Å². The number of piperazine rings is 1. The quantitative estimate of drug-likeness (QED) is 0.664. The summed E-state index contributed by atoms with van der Waals surface area (Å²) in [5, 5.41) is 3.24. The Hall–Kier alpha value is -2.33. The number of carbonyl (C=O) groups excluding carboxylic acids is 1. The van der Waals surface area contributed by atoms with E-state index in [0.717, 1.165) is 0 Å².